The molecule has 0 aromatic carbocycles. The summed E-state index contributed by atoms with van der Waals surface area (Å²) in [4.78, 5) is 14.6. The minimum Gasteiger partial charge on any atom is -0.326 e. The Hall–Kier alpha value is -1.12. The number of rotatable bonds is 3. The van der Waals surface area contributed by atoms with Gasteiger partial charge < -0.3 is 4.57 Å². The highest BCUT2D eigenvalue weighted by molar-refractivity contribution is 5.71. The predicted octanol–water partition coefficient (Wildman–Crippen LogP) is 1.28. The molecule has 1 aromatic heterocycles. The number of aryl methyl sites for hydroxylation is 1. The van der Waals surface area contributed by atoms with Crippen molar-refractivity contribution in [3.05, 3.63) is 17.7 Å². The van der Waals surface area contributed by atoms with Gasteiger partial charge in [0, 0.05) is 13.0 Å². The molecule has 1 rings (SSSR count). The fourth-order valence-corrected chi connectivity index (χ4v) is 1.17. The summed E-state index contributed by atoms with van der Waals surface area (Å²) in [5, 5.41) is 0. The van der Waals surface area contributed by atoms with Gasteiger partial charge in [0.1, 0.15) is 11.5 Å². The summed E-state index contributed by atoms with van der Waals surface area (Å²) < 4.78 is 1.92. The highest BCUT2D eigenvalue weighted by Crippen LogP contribution is 2.03. The van der Waals surface area contributed by atoms with Crippen molar-refractivity contribution in [1.82, 2.24) is 9.55 Å². The van der Waals surface area contributed by atoms with E-state index in [-0.39, 0.29) is 0 Å². The smallest absolute Gasteiger partial charge is 0.168 e. The molecule has 0 atom stereocenters. The summed E-state index contributed by atoms with van der Waals surface area (Å²) in [5.74, 6) is 0.981. The van der Waals surface area contributed by atoms with E-state index in [0.29, 0.717) is 5.69 Å². The third kappa shape index (κ3) is 1.31. The molecule has 0 saturated carbocycles. The standard InChI is InChI=1S/C8H12N2O/c1-3-8-9-5-7(6-11)10(8)4-2/h5-6H,3-4H2,1-2H3. The van der Waals surface area contributed by atoms with E-state index in [9.17, 15) is 4.79 Å². The topological polar surface area (TPSA) is 34.9 Å². The fraction of sp³-hybridized carbons (Fsp3) is 0.500. The van der Waals surface area contributed by atoms with Crippen LogP contribution in [0, 0.1) is 0 Å². The molecular weight excluding hydrogens is 140 g/mol. The van der Waals surface area contributed by atoms with Crippen molar-refractivity contribution in [3.63, 3.8) is 0 Å². The number of nitrogens with zero attached hydrogens (tertiary/aromatic N) is 2. The van der Waals surface area contributed by atoms with Gasteiger partial charge >= 0.3 is 0 Å². The van der Waals surface area contributed by atoms with E-state index < -0.39 is 0 Å². The van der Waals surface area contributed by atoms with Crippen LogP contribution in [0.25, 0.3) is 0 Å². The van der Waals surface area contributed by atoms with Gasteiger partial charge in [0.05, 0.1) is 6.20 Å². The van der Waals surface area contributed by atoms with Crippen molar-refractivity contribution in [2.45, 2.75) is 26.8 Å². The molecule has 3 nitrogen and oxygen atoms in total. The number of aldehydes is 1. The van der Waals surface area contributed by atoms with Gasteiger partial charge in [-0.1, -0.05) is 6.92 Å². The second kappa shape index (κ2) is 3.32. The van der Waals surface area contributed by atoms with Crippen LogP contribution < -0.4 is 0 Å². The van der Waals surface area contributed by atoms with Crippen LogP contribution in [0.15, 0.2) is 6.20 Å². The normalized spacial score (nSPS) is 10.0. The summed E-state index contributed by atoms with van der Waals surface area (Å²) in [6, 6.07) is 0. The average molecular weight is 152 g/mol. The first kappa shape index (κ1) is 7.98. The lowest BCUT2D eigenvalue weighted by Crippen LogP contribution is -2.03. The number of carbonyl (C=O) groups is 1. The summed E-state index contributed by atoms with van der Waals surface area (Å²) in [7, 11) is 0. The highest BCUT2D eigenvalue weighted by Gasteiger charge is 2.04. The molecule has 1 aromatic rings. The van der Waals surface area contributed by atoms with Crippen LogP contribution in [-0.2, 0) is 13.0 Å². The zero-order valence-electron chi connectivity index (χ0n) is 6.87. The van der Waals surface area contributed by atoms with Crippen LogP contribution in [0.2, 0.25) is 0 Å². The van der Waals surface area contributed by atoms with Crippen molar-refractivity contribution in [1.29, 1.82) is 0 Å². The largest absolute Gasteiger partial charge is 0.326 e. The molecule has 0 amide bonds. The Labute approximate surface area is 66.1 Å². The number of hydrogen-bond acceptors (Lipinski definition) is 2. The molecule has 11 heavy (non-hydrogen) atoms. The molecule has 0 saturated heterocycles. The second-order valence-electron chi connectivity index (χ2n) is 2.31. The van der Waals surface area contributed by atoms with Crippen molar-refractivity contribution >= 4 is 6.29 Å². The van der Waals surface area contributed by atoms with Crippen molar-refractivity contribution < 1.29 is 4.79 Å². The highest BCUT2D eigenvalue weighted by atomic mass is 16.1. The molecule has 0 spiro atoms. The van der Waals surface area contributed by atoms with Crippen LogP contribution in [0.5, 0.6) is 0 Å². The molecule has 1 heterocycles. The first-order valence-electron chi connectivity index (χ1n) is 3.83. The molecule has 0 radical (unpaired) electrons. The molecule has 0 N–H and O–H groups in total. The molecular formula is C8H12N2O. The monoisotopic (exact) mass is 152 g/mol. The number of aromatic nitrogens is 2. The average Bonchev–Trinajstić information content (AvgIpc) is 2.45. The fourth-order valence-electron chi connectivity index (χ4n) is 1.17. The molecule has 60 valence electrons. The Morgan fingerprint density at radius 1 is 1.64 bits per heavy atom. The zero-order chi connectivity index (χ0) is 8.27. The van der Waals surface area contributed by atoms with Gasteiger partial charge in [0.2, 0.25) is 0 Å². The summed E-state index contributed by atoms with van der Waals surface area (Å²) >= 11 is 0. The van der Waals surface area contributed by atoms with E-state index in [1.54, 1.807) is 6.20 Å². The van der Waals surface area contributed by atoms with Crippen molar-refractivity contribution in [2.75, 3.05) is 0 Å². The van der Waals surface area contributed by atoms with E-state index in [4.69, 9.17) is 0 Å². The second-order valence-corrected chi connectivity index (χ2v) is 2.31. The number of hydrogen-bond donors (Lipinski definition) is 0. The Kier molecular flexibility index (Phi) is 2.41. The van der Waals surface area contributed by atoms with Crippen LogP contribution in [0.3, 0.4) is 0 Å². The van der Waals surface area contributed by atoms with Crippen LogP contribution in [0.4, 0.5) is 0 Å². The Morgan fingerprint density at radius 2 is 2.36 bits per heavy atom. The van der Waals surface area contributed by atoms with Crippen molar-refractivity contribution in [3.8, 4) is 0 Å². The Balaban J connectivity index is 3.08. The SMILES string of the molecule is CCc1ncc(C=O)n1CC. The van der Waals surface area contributed by atoms with Crippen LogP contribution >= 0.6 is 0 Å². The summed E-state index contributed by atoms with van der Waals surface area (Å²) in [5.41, 5.74) is 0.671. The lowest BCUT2D eigenvalue weighted by atomic mass is 10.4. The zero-order valence-corrected chi connectivity index (χ0v) is 6.87. The minimum atomic E-state index is 0.671. The lowest BCUT2D eigenvalue weighted by molar-refractivity contribution is 0.111. The predicted molar refractivity (Wildman–Crippen MR) is 42.7 cm³/mol. The van der Waals surface area contributed by atoms with Crippen molar-refractivity contribution in [2.24, 2.45) is 0 Å². The van der Waals surface area contributed by atoms with Crippen LogP contribution in [0.1, 0.15) is 30.2 Å². The summed E-state index contributed by atoms with van der Waals surface area (Å²) in [6.07, 6.45) is 3.34. The van der Waals surface area contributed by atoms with Gasteiger partial charge in [-0.3, -0.25) is 4.79 Å². The molecule has 0 fully saturated rings. The molecule has 0 unspecified atom stereocenters. The number of imidazole rings is 1. The van der Waals surface area contributed by atoms with Gasteiger partial charge in [0.25, 0.3) is 0 Å². The molecule has 0 aliphatic heterocycles. The van der Waals surface area contributed by atoms with Gasteiger partial charge in [-0.05, 0) is 6.92 Å². The molecule has 0 aliphatic carbocycles. The van der Waals surface area contributed by atoms with E-state index in [1.165, 1.54) is 0 Å². The first-order chi connectivity index (χ1) is 5.33. The van der Waals surface area contributed by atoms with Crippen LogP contribution in [-0.4, -0.2) is 15.8 Å². The van der Waals surface area contributed by atoms with Gasteiger partial charge in [-0.25, -0.2) is 4.98 Å². The molecule has 3 heteroatoms. The third-order valence-corrected chi connectivity index (χ3v) is 1.72. The molecule has 0 aliphatic rings. The minimum absolute atomic E-state index is 0.671. The maximum atomic E-state index is 10.5. The first-order valence-corrected chi connectivity index (χ1v) is 3.83. The Morgan fingerprint density at radius 3 is 2.82 bits per heavy atom. The third-order valence-electron chi connectivity index (χ3n) is 1.72. The quantitative estimate of drug-likeness (QED) is 0.611. The maximum absolute atomic E-state index is 10.5. The van der Waals surface area contributed by atoms with E-state index >= 15 is 0 Å². The van der Waals surface area contributed by atoms with E-state index in [0.717, 1.165) is 25.1 Å². The van der Waals surface area contributed by atoms with E-state index in [1.807, 2.05) is 18.4 Å². The lowest BCUT2D eigenvalue weighted by Gasteiger charge is -2.02. The van der Waals surface area contributed by atoms with Gasteiger partial charge in [0.15, 0.2) is 6.29 Å². The van der Waals surface area contributed by atoms with Gasteiger partial charge in [-0.15, -0.1) is 0 Å². The maximum Gasteiger partial charge on any atom is 0.168 e. The summed E-state index contributed by atoms with van der Waals surface area (Å²) in [6.45, 7) is 4.86. The molecule has 0 bridgehead atoms. The Bertz CT molecular complexity index is 253. The van der Waals surface area contributed by atoms with E-state index in [2.05, 4.69) is 4.98 Å². The van der Waals surface area contributed by atoms with Gasteiger partial charge in [-0.2, -0.15) is 0 Å². The number of carbonyl (C=O) groups excluding carboxylic acids is 1.